The number of rotatable bonds is 5. The molecule has 182 valence electrons. The van der Waals surface area contributed by atoms with E-state index in [0.717, 1.165) is 16.8 Å². The van der Waals surface area contributed by atoms with E-state index in [1.165, 1.54) is 24.3 Å². The summed E-state index contributed by atoms with van der Waals surface area (Å²) in [5.74, 6) is -0.455. The summed E-state index contributed by atoms with van der Waals surface area (Å²) in [6.07, 6.45) is 1.06. The van der Waals surface area contributed by atoms with Crippen molar-refractivity contribution in [2.75, 3.05) is 12.4 Å². The zero-order valence-electron chi connectivity index (χ0n) is 20.2. The molecule has 0 aromatic heterocycles. The van der Waals surface area contributed by atoms with Crippen molar-refractivity contribution in [2.45, 2.75) is 31.6 Å². The fraction of sp³-hybridized carbons (Fsp3) is 0.200. The van der Waals surface area contributed by atoms with E-state index in [1.807, 2.05) is 49.4 Å². The van der Waals surface area contributed by atoms with Crippen molar-refractivity contribution >= 4 is 17.4 Å². The minimum absolute atomic E-state index is 0.0259. The highest BCUT2D eigenvalue weighted by Crippen LogP contribution is 2.45. The standard InChI is InChI=1S/C30H27FN2O3/c1-18-27(30(35)33-23-12-10-22(31)11-13-23)28(20-8-14-24(36-2)15-9-20)29-25(32-18)16-21(17-26(29)34)19-6-4-3-5-7-19/h3-15,21,28,32H,16-17H2,1-2H3,(H,33,35)/t21-,28-/m0/s1. The van der Waals surface area contributed by atoms with Crippen molar-refractivity contribution in [3.63, 3.8) is 0 Å². The Morgan fingerprint density at radius 1 is 0.944 bits per heavy atom. The van der Waals surface area contributed by atoms with Gasteiger partial charge in [0.05, 0.1) is 7.11 Å². The van der Waals surface area contributed by atoms with Crippen LogP contribution in [0.15, 0.2) is 101 Å². The second kappa shape index (κ2) is 9.82. The fourth-order valence-electron chi connectivity index (χ4n) is 5.16. The Bertz CT molecular complexity index is 1360. The van der Waals surface area contributed by atoms with Crippen LogP contribution in [0.5, 0.6) is 5.75 Å². The van der Waals surface area contributed by atoms with E-state index in [0.29, 0.717) is 41.1 Å². The molecule has 0 bridgehead atoms. The number of dihydropyridines is 1. The smallest absolute Gasteiger partial charge is 0.254 e. The molecule has 1 aliphatic carbocycles. The largest absolute Gasteiger partial charge is 0.497 e. The molecule has 0 spiro atoms. The highest BCUT2D eigenvalue weighted by atomic mass is 19.1. The summed E-state index contributed by atoms with van der Waals surface area (Å²) in [4.78, 5) is 27.2. The summed E-state index contributed by atoms with van der Waals surface area (Å²) in [6, 6.07) is 23.1. The molecule has 0 saturated carbocycles. The van der Waals surface area contributed by atoms with Crippen LogP contribution in [0.4, 0.5) is 10.1 Å². The molecule has 2 atom stereocenters. The number of ketones is 1. The minimum atomic E-state index is -0.531. The van der Waals surface area contributed by atoms with Crippen LogP contribution in [-0.4, -0.2) is 18.8 Å². The lowest BCUT2D eigenvalue weighted by Gasteiger charge is -2.37. The van der Waals surface area contributed by atoms with E-state index in [4.69, 9.17) is 4.74 Å². The molecule has 2 aliphatic rings. The number of amides is 1. The van der Waals surface area contributed by atoms with Gasteiger partial charge in [0.15, 0.2) is 5.78 Å². The van der Waals surface area contributed by atoms with Gasteiger partial charge in [-0.25, -0.2) is 4.39 Å². The molecule has 3 aromatic rings. The maximum absolute atomic E-state index is 13.7. The molecule has 3 aromatic carbocycles. The van der Waals surface area contributed by atoms with Gasteiger partial charge in [-0.3, -0.25) is 9.59 Å². The van der Waals surface area contributed by atoms with Crippen LogP contribution in [0.1, 0.15) is 42.7 Å². The number of allylic oxidation sites excluding steroid dienone is 3. The van der Waals surface area contributed by atoms with E-state index in [9.17, 15) is 14.0 Å². The first-order chi connectivity index (χ1) is 17.4. The molecule has 0 saturated heterocycles. The maximum Gasteiger partial charge on any atom is 0.254 e. The topological polar surface area (TPSA) is 67.4 Å². The van der Waals surface area contributed by atoms with Crippen molar-refractivity contribution in [1.82, 2.24) is 5.32 Å². The Labute approximate surface area is 209 Å². The number of Topliss-reactive ketones (excluding diaryl/α,β-unsaturated/α-hetero) is 1. The Morgan fingerprint density at radius 2 is 1.64 bits per heavy atom. The van der Waals surface area contributed by atoms with E-state index in [1.54, 1.807) is 7.11 Å². The Hall–Kier alpha value is -4.19. The molecule has 1 amide bonds. The van der Waals surface area contributed by atoms with Crippen LogP contribution in [0.3, 0.4) is 0 Å². The predicted octanol–water partition coefficient (Wildman–Crippen LogP) is 5.83. The zero-order valence-corrected chi connectivity index (χ0v) is 20.2. The molecule has 0 radical (unpaired) electrons. The number of ether oxygens (including phenoxy) is 1. The second-order valence-corrected chi connectivity index (χ2v) is 9.16. The first kappa shape index (κ1) is 23.5. The molecule has 1 aliphatic heterocycles. The van der Waals surface area contributed by atoms with Crippen LogP contribution in [0.25, 0.3) is 0 Å². The predicted molar refractivity (Wildman–Crippen MR) is 137 cm³/mol. The van der Waals surface area contributed by atoms with Gasteiger partial charge in [0.1, 0.15) is 11.6 Å². The Morgan fingerprint density at radius 3 is 2.31 bits per heavy atom. The van der Waals surface area contributed by atoms with Crippen LogP contribution in [0.2, 0.25) is 0 Å². The van der Waals surface area contributed by atoms with Crippen molar-refractivity contribution in [3.05, 3.63) is 118 Å². The van der Waals surface area contributed by atoms with Crippen LogP contribution in [-0.2, 0) is 9.59 Å². The summed E-state index contributed by atoms with van der Waals surface area (Å²) in [5, 5.41) is 6.26. The zero-order chi connectivity index (χ0) is 25.2. The number of methoxy groups -OCH3 is 1. The third kappa shape index (κ3) is 4.54. The van der Waals surface area contributed by atoms with Gasteiger partial charge in [-0.2, -0.15) is 0 Å². The van der Waals surface area contributed by atoms with Crippen LogP contribution < -0.4 is 15.4 Å². The average Bonchev–Trinajstić information content (AvgIpc) is 2.89. The molecular weight excluding hydrogens is 455 g/mol. The minimum Gasteiger partial charge on any atom is -0.497 e. The number of carbonyl (C=O) groups is 2. The van der Waals surface area contributed by atoms with E-state index < -0.39 is 5.92 Å². The molecule has 2 N–H and O–H groups in total. The van der Waals surface area contributed by atoms with Crippen molar-refractivity contribution in [3.8, 4) is 5.75 Å². The first-order valence-corrected chi connectivity index (χ1v) is 11.9. The van der Waals surface area contributed by atoms with Gasteiger partial charge in [-0.1, -0.05) is 42.5 Å². The molecule has 1 heterocycles. The molecule has 0 fully saturated rings. The monoisotopic (exact) mass is 482 g/mol. The number of hydrogen-bond acceptors (Lipinski definition) is 4. The third-order valence-electron chi connectivity index (χ3n) is 6.89. The van der Waals surface area contributed by atoms with Gasteiger partial charge >= 0.3 is 0 Å². The van der Waals surface area contributed by atoms with Crippen LogP contribution in [0, 0.1) is 5.82 Å². The van der Waals surface area contributed by atoms with Gasteiger partial charge < -0.3 is 15.4 Å². The summed E-state index contributed by atoms with van der Waals surface area (Å²) < 4.78 is 18.7. The van der Waals surface area contributed by atoms with E-state index in [-0.39, 0.29) is 23.4 Å². The number of anilines is 1. The normalized spacial score (nSPS) is 19.5. The SMILES string of the molecule is COc1ccc([C@H]2C(C(=O)Nc3ccc(F)cc3)=C(C)NC3=C2C(=O)C[C@@H](c2ccccc2)C3)cc1. The summed E-state index contributed by atoms with van der Waals surface area (Å²) in [6.45, 7) is 1.86. The van der Waals surface area contributed by atoms with Crippen molar-refractivity contribution in [1.29, 1.82) is 0 Å². The van der Waals surface area contributed by atoms with Gasteiger partial charge in [-0.15, -0.1) is 0 Å². The molecule has 5 nitrogen and oxygen atoms in total. The van der Waals surface area contributed by atoms with Gasteiger partial charge in [0.25, 0.3) is 5.91 Å². The Kier molecular flexibility index (Phi) is 6.42. The summed E-state index contributed by atoms with van der Waals surface area (Å²) in [7, 11) is 1.60. The molecule has 5 rings (SSSR count). The lowest BCUT2D eigenvalue weighted by Crippen LogP contribution is -2.37. The molecular formula is C30H27FN2O3. The highest BCUT2D eigenvalue weighted by Gasteiger charge is 2.40. The lowest BCUT2D eigenvalue weighted by atomic mass is 9.71. The lowest BCUT2D eigenvalue weighted by molar-refractivity contribution is -0.116. The number of halogens is 1. The van der Waals surface area contributed by atoms with E-state index >= 15 is 0 Å². The molecule has 36 heavy (non-hydrogen) atoms. The van der Waals surface area contributed by atoms with Gasteiger partial charge in [-0.05, 0) is 66.8 Å². The second-order valence-electron chi connectivity index (χ2n) is 9.16. The number of nitrogens with one attached hydrogen (secondary N) is 2. The summed E-state index contributed by atoms with van der Waals surface area (Å²) in [5.41, 5.74) is 5.08. The highest BCUT2D eigenvalue weighted by molar-refractivity contribution is 6.10. The molecule has 6 heteroatoms. The van der Waals surface area contributed by atoms with Crippen molar-refractivity contribution < 1.29 is 18.7 Å². The number of benzene rings is 3. The number of hydrogen-bond donors (Lipinski definition) is 2. The first-order valence-electron chi connectivity index (χ1n) is 11.9. The van der Waals surface area contributed by atoms with Gasteiger partial charge in [0.2, 0.25) is 0 Å². The maximum atomic E-state index is 13.7. The number of carbonyl (C=O) groups excluding carboxylic acids is 2. The van der Waals surface area contributed by atoms with Gasteiger partial charge in [0, 0.05) is 40.6 Å². The fourth-order valence-corrected chi connectivity index (χ4v) is 5.16. The summed E-state index contributed by atoms with van der Waals surface area (Å²) >= 11 is 0. The van der Waals surface area contributed by atoms with E-state index in [2.05, 4.69) is 22.8 Å². The van der Waals surface area contributed by atoms with Crippen molar-refractivity contribution in [2.24, 2.45) is 0 Å². The average molecular weight is 483 g/mol. The third-order valence-corrected chi connectivity index (χ3v) is 6.89. The molecule has 0 unspecified atom stereocenters. The van der Waals surface area contributed by atoms with Crippen LogP contribution >= 0.6 is 0 Å². The quantitative estimate of drug-likeness (QED) is 0.480. The Balaban J connectivity index is 1.55.